The summed E-state index contributed by atoms with van der Waals surface area (Å²) in [5.41, 5.74) is -0.101. The maximum absolute atomic E-state index is 14.1. The van der Waals surface area contributed by atoms with Crippen molar-refractivity contribution in [3.8, 4) is 0 Å². The summed E-state index contributed by atoms with van der Waals surface area (Å²) in [7, 11) is 0. The molecule has 2 atom stereocenters. The minimum absolute atomic E-state index is 0.0158. The van der Waals surface area contributed by atoms with Crippen molar-refractivity contribution < 1.29 is 14.3 Å². The van der Waals surface area contributed by atoms with Gasteiger partial charge in [0.05, 0.1) is 13.1 Å². The Labute approximate surface area is 111 Å². The molecule has 102 valence electrons. The molecule has 1 saturated carbocycles. The van der Waals surface area contributed by atoms with Gasteiger partial charge in [-0.1, -0.05) is 30.3 Å². The Balaban J connectivity index is 1.44. The number of benzene rings is 1. The number of likely N-dealkylation sites (tertiary alicyclic amines) is 1. The van der Waals surface area contributed by atoms with E-state index in [9.17, 15) is 9.18 Å². The van der Waals surface area contributed by atoms with Crippen LogP contribution in [0.25, 0.3) is 0 Å². The van der Waals surface area contributed by atoms with E-state index < -0.39 is 11.8 Å². The molecule has 1 heterocycles. The lowest BCUT2D eigenvalue weighted by atomic mass is 9.97. The molecule has 2 N–H and O–H groups in total. The van der Waals surface area contributed by atoms with Crippen LogP contribution in [-0.4, -0.2) is 47.4 Å². The van der Waals surface area contributed by atoms with E-state index in [0.717, 1.165) is 11.3 Å². The SMILES string of the molecule is O=C(O)N1CC(F)(CN[C@@H]2C[C@H]2c2ccccc2)C1. The second-order valence-electron chi connectivity index (χ2n) is 5.53. The Hall–Kier alpha value is -1.62. The Morgan fingerprint density at radius 1 is 1.42 bits per heavy atom. The van der Waals surface area contributed by atoms with Crippen molar-refractivity contribution in [1.82, 2.24) is 10.2 Å². The van der Waals surface area contributed by atoms with Crippen molar-refractivity contribution in [2.24, 2.45) is 0 Å². The maximum atomic E-state index is 14.1. The Morgan fingerprint density at radius 2 is 2.11 bits per heavy atom. The Bertz CT molecular complexity index is 474. The fourth-order valence-corrected chi connectivity index (χ4v) is 2.69. The molecule has 1 aliphatic carbocycles. The van der Waals surface area contributed by atoms with Gasteiger partial charge in [-0.25, -0.2) is 9.18 Å². The number of hydrogen-bond donors (Lipinski definition) is 2. The molecular formula is C14H17FN2O2. The van der Waals surface area contributed by atoms with Crippen molar-refractivity contribution in [2.75, 3.05) is 19.6 Å². The summed E-state index contributed by atoms with van der Waals surface area (Å²) in [6.45, 7) is 0.209. The summed E-state index contributed by atoms with van der Waals surface area (Å²) < 4.78 is 14.1. The van der Waals surface area contributed by atoms with E-state index in [4.69, 9.17) is 5.11 Å². The summed E-state index contributed by atoms with van der Waals surface area (Å²) in [6, 6.07) is 10.5. The average molecular weight is 264 g/mol. The van der Waals surface area contributed by atoms with Crippen LogP contribution in [0.4, 0.5) is 9.18 Å². The van der Waals surface area contributed by atoms with Gasteiger partial charge in [0.1, 0.15) is 0 Å². The molecule has 1 saturated heterocycles. The van der Waals surface area contributed by atoms with E-state index in [1.54, 1.807) is 0 Å². The maximum Gasteiger partial charge on any atom is 0.407 e. The van der Waals surface area contributed by atoms with Gasteiger partial charge in [0, 0.05) is 18.5 Å². The van der Waals surface area contributed by atoms with E-state index >= 15 is 0 Å². The van der Waals surface area contributed by atoms with Gasteiger partial charge in [-0.05, 0) is 12.0 Å². The van der Waals surface area contributed by atoms with Crippen molar-refractivity contribution in [2.45, 2.75) is 24.0 Å². The highest BCUT2D eigenvalue weighted by Gasteiger charge is 2.48. The summed E-state index contributed by atoms with van der Waals surface area (Å²) >= 11 is 0. The number of carboxylic acid groups (broad SMARTS) is 1. The Kier molecular flexibility index (Phi) is 2.93. The third-order valence-electron chi connectivity index (χ3n) is 3.92. The molecule has 1 amide bonds. The van der Waals surface area contributed by atoms with Gasteiger partial charge in [0.15, 0.2) is 5.67 Å². The number of nitrogens with one attached hydrogen (secondary N) is 1. The predicted molar refractivity (Wildman–Crippen MR) is 69.0 cm³/mol. The molecule has 2 fully saturated rings. The summed E-state index contributed by atoms with van der Waals surface area (Å²) in [5.74, 6) is 0.473. The highest BCUT2D eigenvalue weighted by molar-refractivity contribution is 5.66. The third kappa shape index (κ3) is 2.56. The zero-order valence-corrected chi connectivity index (χ0v) is 10.6. The number of hydrogen-bond acceptors (Lipinski definition) is 2. The topological polar surface area (TPSA) is 52.6 Å². The number of carbonyl (C=O) groups is 1. The van der Waals surface area contributed by atoms with Crippen molar-refractivity contribution in [3.63, 3.8) is 0 Å². The van der Waals surface area contributed by atoms with E-state index in [-0.39, 0.29) is 19.6 Å². The molecule has 0 spiro atoms. The first kappa shape index (κ1) is 12.4. The minimum atomic E-state index is -1.39. The number of nitrogens with zero attached hydrogens (tertiary/aromatic N) is 1. The van der Waals surface area contributed by atoms with Crippen molar-refractivity contribution in [1.29, 1.82) is 0 Å². The number of rotatable bonds is 4. The fraction of sp³-hybridized carbons (Fsp3) is 0.500. The van der Waals surface area contributed by atoms with Crippen LogP contribution in [0.2, 0.25) is 0 Å². The summed E-state index contributed by atoms with van der Waals surface area (Å²) in [4.78, 5) is 11.7. The van der Waals surface area contributed by atoms with Crippen LogP contribution < -0.4 is 5.32 Å². The lowest BCUT2D eigenvalue weighted by Gasteiger charge is -2.42. The van der Waals surface area contributed by atoms with Crippen LogP contribution in [0.1, 0.15) is 17.9 Å². The van der Waals surface area contributed by atoms with Gasteiger partial charge in [0.2, 0.25) is 0 Å². The summed E-state index contributed by atoms with van der Waals surface area (Å²) in [5, 5.41) is 11.9. The Morgan fingerprint density at radius 3 is 2.74 bits per heavy atom. The molecule has 3 rings (SSSR count). The molecule has 4 nitrogen and oxygen atoms in total. The highest BCUT2D eigenvalue weighted by atomic mass is 19.1. The molecule has 0 bridgehead atoms. The van der Waals surface area contributed by atoms with Gasteiger partial charge in [-0.15, -0.1) is 0 Å². The smallest absolute Gasteiger partial charge is 0.407 e. The molecule has 5 heteroatoms. The van der Waals surface area contributed by atoms with Crippen molar-refractivity contribution in [3.05, 3.63) is 35.9 Å². The van der Waals surface area contributed by atoms with Crippen LogP contribution in [0.5, 0.6) is 0 Å². The second kappa shape index (κ2) is 4.49. The van der Waals surface area contributed by atoms with Gasteiger partial charge in [0.25, 0.3) is 0 Å². The first-order valence-corrected chi connectivity index (χ1v) is 6.52. The van der Waals surface area contributed by atoms with Crippen LogP contribution in [0.3, 0.4) is 0 Å². The second-order valence-corrected chi connectivity index (χ2v) is 5.53. The average Bonchev–Trinajstić information content (AvgIpc) is 3.13. The quantitative estimate of drug-likeness (QED) is 0.872. The van der Waals surface area contributed by atoms with Gasteiger partial charge in [-0.3, -0.25) is 0 Å². The first-order valence-electron chi connectivity index (χ1n) is 6.52. The van der Waals surface area contributed by atoms with Crippen LogP contribution >= 0.6 is 0 Å². The molecule has 1 aromatic rings. The normalized spacial score (nSPS) is 27.7. The standard InChI is InChI=1S/C14H17FN2O2/c15-14(8-17(9-14)13(18)19)7-16-12-6-11(12)10-4-2-1-3-5-10/h1-5,11-12,16H,6-9H2,(H,18,19)/t11-,12+/m0/s1. The zero-order valence-electron chi connectivity index (χ0n) is 10.6. The predicted octanol–water partition coefficient (Wildman–Crippen LogP) is 1.83. The number of halogens is 1. The van der Waals surface area contributed by atoms with E-state index in [0.29, 0.717) is 12.0 Å². The van der Waals surface area contributed by atoms with Crippen LogP contribution in [0.15, 0.2) is 30.3 Å². The lowest BCUT2D eigenvalue weighted by molar-refractivity contribution is -0.0190. The van der Waals surface area contributed by atoms with Gasteiger partial charge >= 0.3 is 6.09 Å². The molecule has 2 aliphatic rings. The largest absolute Gasteiger partial charge is 0.465 e. The van der Waals surface area contributed by atoms with Crippen LogP contribution in [-0.2, 0) is 0 Å². The van der Waals surface area contributed by atoms with E-state index in [1.165, 1.54) is 5.56 Å². The zero-order chi connectivity index (χ0) is 13.5. The molecule has 19 heavy (non-hydrogen) atoms. The lowest BCUT2D eigenvalue weighted by Crippen LogP contribution is -2.64. The number of amides is 1. The molecule has 1 aromatic carbocycles. The highest BCUT2D eigenvalue weighted by Crippen LogP contribution is 2.41. The minimum Gasteiger partial charge on any atom is -0.465 e. The number of alkyl halides is 1. The monoisotopic (exact) mass is 264 g/mol. The van der Waals surface area contributed by atoms with Gasteiger partial charge < -0.3 is 15.3 Å². The fourth-order valence-electron chi connectivity index (χ4n) is 2.69. The van der Waals surface area contributed by atoms with E-state index in [1.807, 2.05) is 18.2 Å². The molecule has 1 aliphatic heterocycles. The van der Waals surface area contributed by atoms with Crippen molar-refractivity contribution >= 4 is 6.09 Å². The van der Waals surface area contributed by atoms with Gasteiger partial charge in [-0.2, -0.15) is 0 Å². The summed E-state index contributed by atoms with van der Waals surface area (Å²) in [6.07, 6.45) is -0.00945. The molecular weight excluding hydrogens is 247 g/mol. The third-order valence-corrected chi connectivity index (χ3v) is 3.92. The van der Waals surface area contributed by atoms with Crippen LogP contribution in [0, 0.1) is 0 Å². The van der Waals surface area contributed by atoms with E-state index in [2.05, 4.69) is 17.4 Å². The molecule has 0 radical (unpaired) electrons. The first-order chi connectivity index (χ1) is 9.07. The molecule has 0 aromatic heterocycles. The molecule has 0 unspecified atom stereocenters.